The molecule has 776 valence electrons. The van der Waals surface area contributed by atoms with Crippen LogP contribution in [-0.4, -0.2) is 83.4 Å². The number of hydrogen-bond donors (Lipinski definition) is 0. The molecule has 0 radical (unpaired) electrons. The van der Waals surface area contributed by atoms with Crippen molar-refractivity contribution in [1.82, 2.24) is 0 Å². The Hall–Kier alpha value is -13.6. The van der Waals surface area contributed by atoms with Crippen LogP contribution in [-0.2, 0) is 42.3 Å². The molecule has 0 N–H and O–H groups in total. The second-order valence-electron chi connectivity index (χ2n) is 37.5. The first-order valence-electron chi connectivity index (χ1n) is 49.1. The van der Waals surface area contributed by atoms with E-state index in [4.69, 9.17) is 22.4 Å². The molecule has 150 heavy (non-hydrogen) atoms. The SMILES string of the molecule is C.C.C.C.C.C.C[AsH](/C=C\[AsH](C)(c1ccccc1)c1ccccc1)(c1ccccc1)c1ccccc1.C[AsH](C)(Oc1ccccc1)Oc1ccccc1O[AsH](C)(C)Oc1ccccc1.C[AsH](Oc1ccccc1O[AsH](C)(c1ccccc1)c1ccccc1)(c1ccccc1)c1ccccc1.C[n+]1cccc2c3ccccc3c3ccc[n+](C)c3c21.C[n+]1cccc2ccc3ccc[n+](C)c3c21.C[n+]1ccccc1-c1cccc[n+]1C. The summed E-state index contributed by atoms with van der Waals surface area (Å²) in [6.07, 6.45) is 12.5. The fourth-order valence-electron chi connectivity index (χ4n) is 18.7. The number of benzene rings is 15. The van der Waals surface area contributed by atoms with Gasteiger partial charge in [0.15, 0.2) is 37.2 Å². The predicted molar refractivity (Wildman–Crippen MR) is 657 cm³/mol. The normalized spacial score (nSPS) is 11.7. The molecule has 0 unspecified atom stereocenters. The van der Waals surface area contributed by atoms with Crippen molar-refractivity contribution in [3.63, 3.8) is 0 Å². The van der Waals surface area contributed by atoms with Crippen molar-refractivity contribution in [2.24, 2.45) is 42.3 Å². The molecule has 6 heterocycles. The van der Waals surface area contributed by atoms with Crippen LogP contribution < -0.4 is 84.6 Å². The smallest absolute Gasteiger partial charge is 0.196 e. The minimum absolute atomic E-state index is 0. The Morgan fingerprint density at radius 1 is 0.173 bits per heavy atom. The maximum Gasteiger partial charge on any atom is 0.285 e. The van der Waals surface area contributed by atoms with Gasteiger partial charge in [0, 0.05) is 48.5 Å². The monoisotopic (exact) mass is 2370 g/mol. The fourth-order valence-corrected chi connectivity index (χ4v) is 55.7. The third-order valence-corrected chi connectivity index (χ3v) is 64.9. The van der Waals surface area contributed by atoms with Crippen molar-refractivity contribution in [2.45, 2.75) is 90.3 Å². The third-order valence-electron chi connectivity index (χ3n) is 26.3. The number of aryl methyl sites for hydroxylation is 6. The molecule has 6 aromatic heterocycles. The van der Waals surface area contributed by atoms with Gasteiger partial charge < -0.3 is 0 Å². The molecule has 0 fully saturated rings. The molecule has 0 aliphatic carbocycles. The largest absolute Gasteiger partial charge is 0.285 e. The van der Waals surface area contributed by atoms with Crippen LogP contribution in [0.2, 0.25) is 45.7 Å². The minimum Gasteiger partial charge on any atom is -0.196 e. The van der Waals surface area contributed by atoms with Gasteiger partial charge in [0.25, 0.3) is 33.5 Å². The molecule has 0 saturated carbocycles. The Morgan fingerprint density at radius 3 is 0.647 bits per heavy atom. The second kappa shape index (κ2) is 55.2. The van der Waals surface area contributed by atoms with E-state index < -0.39 is 83.4 Å². The van der Waals surface area contributed by atoms with E-state index in [2.05, 4.69) is 526 Å². The van der Waals surface area contributed by atoms with E-state index in [-0.39, 0.29) is 44.6 Å². The Bertz CT molecular complexity index is 7220. The molecule has 0 atom stereocenters. The van der Waals surface area contributed by atoms with Crippen molar-refractivity contribution in [3.05, 3.63) is 520 Å². The summed E-state index contributed by atoms with van der Waals surface area (Å²) in [7, 11) is 12.5. The average molecular weight is 2370 g/mol. The maximum atomic E-state index is 7.12. The minimum atomic E-state index is -3.22. The van der Waals surface area contributed by atoms with Crippen LogP contribution in [0.25, 0.3) is 65.8 Å². The zero-order chi connectivity index (χ0) is 101. The number of pyridine rings is 6. The number of hydrogen-bond acceptors (Lipinski definition) is 6. The van der Waals surface area contributed by atoms with Crippen LogP contribution in [0.4, 0.5) is 0 Å². The van der Waals surface area contributed by atoms with Gasteiger partial charge in [-0.2, -0.15) is 27.4 Å². The van der Waals surface area contributed by atoms with Crippen molar-refractivity contribution in [2.75, 3.05) is 0 Å². The molecule has 18 heteroatoms. The molecular formula is C132H158As6N6O6+6. The van der Waals surface area contributed by atoms with E-state index >= 15 is 0 Å². The van der Waals surface area contributed by atoms with E-state index in [9.17, 15) is 0 Å². The average Bonchev–Trinajstić information content (AvgIpc) is 0.731. The Kier molecular flexibility index (Phi) is 43.6. The summed E-state index contributed by atoms with van der Waals surface area (Å²) in [5.74, 6) is 4.71. The summed E-state index contributed by atoms with van der Waals surface area (Å²) in [4.78, 5) is 5.31. The van der Waals surface area contributed by atoms with Crippen LogP contribution >= 0.6 is 0 Å². The Balaban J connectivity index is 0.000000187. The Labute approximate surface area is 912 Å². The molecule has 0 spiro atoms. The third kappa shape index (κ3) is 29.0. The van der Waals surface area contributed by atoms with Crippen molar-refractivity contribution >= 4 is 173 Å². The summed E-state index contributed by atoms with van der Waals surface area (Å²) >= 11 is -17.8. The van der Waals surface area contributed by atoms with E-state index in [1.54, 1.807) is 0 Å². The molecule has 0 aliphatic rings. The van der Waals surface area contributed by atoms with Gasteiger partial charge in [0.05, 0.1) is 21.5 Å². The predicted octanol–water partition coefficient (Wildman–Crippen LogP) is 23.3. The second-order valence-corrected chi connectivity index (χ2v) is 81.7. The summed E-state index contributed by atoms with van der Waals surface area (Å²) in [6, 6.07) is 165. The summed E-state index contributed by atoms with van der Waals surface area (Å²) < 4.78 is 63.4. The van der Waals surface area contributed by atoms with Crippen LogP contribution in [0, 0.1) is 0 Å². The molecule has 21 aromatic rings. The number of rotatable bonds is 23. The van der Waals surface area contributed by atoms with Crippen LogP contribution in [0.5, 0.6) is 34.5 Å². The standard InChI is InChI=1S/C32H32As2O2.C28H30As2.C22H28As2O4.C18H16N2.C14H14N2.C12H14N2.6CH4/c1-33(27-17-7-3-8-18-27,28-19-9-4-10-20-28)35-31-25-15-16-26-32(31)36-34(2,29-21-11-5-12-22-29)30-23-13-6-14-24-30;1-29(25-15-7-3-8-16-25,26-17-9-4-10-18-26)23-24-30(2,27-19-11-5-12-20-27)28-21-13-6-14-22-28;1-23(2,25-19-13-7-5-8-14-19)27-21-17-11-12-18-22(21)28-24(3,4)26-20-15-9-6-10-16-20;1-19-11-5-9-15-13-7-3-4-8-14(13)16-10-6-12-20(2)18(16)17(15)19;1-15-9-3-5-11-7-8-12-6-4-10-16(2)14(12)13(11)15;1-13-9-5-3-7-11(13)12-8-4-6-10-14(12)2;;;;;;/h3-26,33-34H,1-2H3;3-24,29-30H,1-2H3;5-18,23-24H,1-4H3;3-12H,1-2H3;3-10H,1-2H3;3-10H,1-2H3;6*1H4/q;;;3*+2;;;;;;/b;24-23-;;;;;;;;;;. The van der Waals surface area contributed by atoms with Crippen LogP contribution in [0.3, 0.4) is 0 Å². The molecule has 0 bridgehead atoms. The van der Waals surface area contributed by atoms with Crippen LogP contribution in [0.15, 0.2) is 520 Å². The molecule has 15 aromatic carbocycles. The quantitative estimate of drug-likeness (QED) is 0.0361. The van der Waals surface area contributed by atoms with Crippen LogP contribution in [0.1, 0.15) is 44.6 Å². The molecule has 0 saturated heterocycles. The first kappa shape index (κ1) is 118. The zero-order valence-corrected chi connectivity index (χ0v) is 97.4. The molecular weight excluding hydrogens is 2220 g/mol. The molecule has 12 nitrogen and oxygen atoms in total. The van der Waals surface area contributed by atoms with Gasteiger partial charge in [-0.25, -0.2) is 0 Å². The first-order chi connectivity index (χ1) is 69.9. The van der Waals surface area contributed by atoms with Gasteiger partial charge in [-0.1, -0.05) is 68.8 Å². The summed E-state index contributed by atoms with van der Waals surface area (Å²) in [5, 5.41) is 7.80. The number of nitrogens with zero attached hydrogens (tertiary/aromatic N) is 6. The number of para-hydroxylation sites is 6. The fraction of sp³-hybridized carbons (Fsp3) is 0.152. The maximum absolute atomic E-state index is 7.12. The van der Waals surface area contributed by atoms with Gasteiger partial charge in [-0.05, 0) is 59.3 Å². The van der Waals surface area contributed by atoms with E-state index in [1.807, 2.05) is 109 Å². The topological polar surface area (TPSA) is 78.7 Å². The molecule has 0 amide bonds. The molecule has 0 aliphatic heterocycles. The number of fused-ring (bicyclic) bond motifs is 9. The van der Waals surface area contributed by atoms with Gasteiger partial charge in [0.1, 0.15) is 42.3 Å². The Morgan fingerprint density at radius 2 is 0.380 bits per heavy atom. The first-order valence-corrected chi connectivity index (χ1v) is 81.8. The van der Waals surface area contributed by atoms with E-state index in [0.29, 0.717) is 11.5 Å². The summed E-state index contributed by atoms with van der Waals surface area (Å²) in [5.41, 5.74) is 25.5. The number of aromatic nitrogens is 6. The van der Waals surface area contributed by atoms with Crippen molar-refractivity contribution < 1.29 is 49.8 Å². The molecule has 21 rings (SSSR count). The van der Waals surface area contributed by atoms with Gasteiger partial charge in [-0.3, -0.25) is 0 Å². The van der Waals surface area contributed by atoms with Gasteiger partial charge in [0.2, 0.25) is 0 Å². The van der Waals surface area contributed by atoms with E-state index in [0.717, 1.165) is 23.0 Å². The zero-order valence-electron chi connectivity index (χ0n) is 84.8. The summed E-state index contributed by atoms with van der Waals surface area (Å²) in [6.45, 7) is 0. The van der Waals surface area contributed by atoms with E-state index in [1.165, 1.54) is 101 Å². The van der Waals surface area contributed by atoms with Crippen molar-refractivity contribution in [3.8, 4) is 45.9 Å². The van der Waals surface area contributed by atoms with Gasteiger partial charge in [-0.15, -0.1) is 0 Å². The van der Waals surface area contributed by atoms with Crippen molar-refractivity contribution in [1.29, 1.82) is 0 Å². The van der Waals surface area contributed by atoms with Gasteiger partial charge >= 0.3 is 582 Å².